The molecule has 140 valence electrons. The Labute approximate surface area is 165 Å². The van der Waals surface area contributed by atoms with E-state index in [-0.39, 0.29) is 11.3 Å². The zero-order valence-corrected chi connectivity index (χ0v) is 16.1. The molecule has 4 fully saturated rings. The molecule has 4 aliphatic rings. The van der Waals surface area contributed by atoms with Gasteiger partial charge in [-0.25, -0.2) is 0 Å². The normalized spacial score (nSPS) is 31.5. The third-order valence-electron chi connectivity index (χ3n) is 6.72. The van der Waals surface area contributed by atoms with Crippen LogP contribution in [-0.4, -0.2) is 22.0 Å². The summed E-state index contributed by atoms with van der Waals surface area (Å²) in [6.07, 6.45) is 9.64. The van der Waals surface area contributed by atoms with Gasteiger partial charge in [-0.2, -0.15) is 5.10 Å². The van der Waals surface area contributed by atoms with E-state index in [1.54, 1.807) is 12.3 Å². The minimum Gasteiger partial charge on any atom is -0.507 e. The van der Waals surface area contributed by atoms with Crippen LogP contribution in [0.1, 0.15) is 44.1 Å². The largest absolute Gasteiger partial charge is 0.507 e. The molecule has 0 atom stereocenters. The van der Waals surface area contributed by atoms with E-state index in [0.29, 0.717) is 10.7 Å². The van der Waals surface area contributed by atoms with E-state index in [2.05, 4.69) is 15.8 Å². The van der Waals surface area contributed by atoms with Crippen LogP contribution in [0.3, 0.4) is 0 Å². The van der Waals surface area contributed by atoms with Gasteiger partial charge in [-0.3, -0.25) is 5.43 Å². The van der Waals surface area contributed by atoms with Crippen molar-refractivity contribution in [2.75, 3.05) is 0 Å². The number of aromatic hydroxyl groups is 1. The smallest absolute Gasteiger partial charge is 0.187 e. The third-order valence-corrected chi connectivity index (χ3v) is 6.92. The van der Waals surface area contributed by atoms with Gasteiger partial charge in [0.1, 0.15) is 5.75 Å². The number of nitrogens with zero attached hydrogens (tertiary/aromatic N) is 1. The van der Waals surface area contributed by atoms with Crippen LogP contribution < -0.4 is 10.7 Å². The standard InChI is InChI=1S/C22H25N3OS/c26-20-6-5-17-3-1-2-4-18(17)19(20)13-23-25-21(27)24-22-10-14-7-15(11-22)9-16(8-14)12-22/h1-6,13-16,26H,7-12H2,(H2,24,25,27)/b23-13+. The first-order valence-corrected chi connectivity index (χ1v) is 10.3. The molecule has 0 spiro atoms. The molecule has 0 aliphatic heterocycles. The Bertz CT molecular complexity index is 888. The molecule has 5 heteroatoms. The van der Waals surface area contributed by atoms with Gasteiger partial charge in [0, 0.05) is 11.1 Å². The number of benzene rings is 2. The zero-order chi connectivity index (χ0) is 18.4. The van der Waals surface area contributed by atoms with Gasteiger partial charge in [-0.15, -0.1) is 0 Å². The minimum absolute atomic E-state index is 0.177. The lowest BCUT2D eigenvalue weighted by Crippen LogP contribution is -2.61. The van der Waals surface area contributed by atoms with Crippen molar-refractivity contribution in [1.82, 2.24) is 10.7 Å². The van der Waals surface area contributed by atoms with Gasteiger partial charge in [0.25, 0.3) is 0 Å². The molecule has 0 aromatic heterocycles. The maximum absolute atomic E-state index is 10.2. The highest BCUT2D eigenvalue weighted by Gasteiger charge is 2.51. The molecule has 2 aromatic rings. The van der Waals surface area contributed by atoms with Gasteiger partial charge < -0.3 is 10.4 Å². The molecule has 0 amide bonds. The summed E-state index contributed by atoms with van der Waals surface area (Å²) in [4.78, 5) is 0. The molecule has 0 saturated heterocycles. The van der Waals surface area contributed by atoms with E-state index < -0.39 is 0 Å². The molecular weight excluding hydrogens is 354 g/mol. The van der Waals surface area contributed by atoms with Crippen molar-refractivity contribution in [3.05, 3.63) is 42.0 Å². The monoisotopic (exact) mass is 379 g/mol. The van der Waals surface area contributed by atoms with Crippen LogP contribution in [-0.2, 0) is 0 Å². The fourth-order valence-corrected chi connectivity index (χ4v) is 6.38. The van der Waals surface area contributed by atoms with Gasteiger partial charge >= 0.3 is 0 Å². The van der Waals surface area contributed by atoms with Crippen LogP contribution in [0.25, 0.3) is 10.8 Å². The van der Waals surface area contributed by atoms with Crippen molar-refractivity contribution in [2.45, 2.75) is 44.1 Å². The third kappa shape index (κ3) is 3.18. The topological polar surface area (TPSA) is 56.7 Å². The molecule has 4 aliphatic carbocycles. The second-order valence-corrected chi connectivity index (χ2v) is 9.15. The summed E-state index contributed by atoms with van der Waals surface area (Å²) < 4.78 is 0. The van der Waals surface area contributed by atoms with E-state index >= 15 is 0 Å². The van der Waals surface area contributed by atoms with Crippen LogP contribution in [0.2, 0.25) is 0 Å². The Morgan fingerprint density at radius 2 is 1.70 bits per heavy atom. The summed E-state index contributed by atoms with van der Waals surface area (Å²) in [5.41, 5.74) is 3.86. The van der Waals surface area contributed by atoms with Crippen molar-refractivity contribution >= 4 is 34.3 Å². The number of phenolic OH excluding ortho intramolecular Hbond substituents is 1. The molecule has 0 radical (unpaired) electrons. The Balaban J connectivity index is 1.28. The van der Waals surface area contributed by atoms with Crippen LogP contribution in [0.15, 0.2) is 41.5 Å². The zero-order valence-electron chi connectivity index (χ0n) is 15.3. The first-order valence-electron chi connectivity index (χ1n) is 9.92. The van der Waals surface area contributed by atoms with Crippen LogP contribution in [0.4, 0.5) is 0 Å². The summed E-state index contributed by atoms with van der Waals surface area (Å²) in [6.45, 7) is 0. The predicted octanol–water partition coefficient (Wildman–Crippen LogP) is 4.31. The number of phenols is 1. The number of hydrogen-bond donors (Lipinski definition) is 3. The molecule has 6 rings (SSSR count). The van der Waals surface area contributed by atoms with Crippen molar-refractivity contribution in [2.24, 2.45) is 22.9 Å². The molecule has 4 nitrogen and oxygen atoms in total. The highest BCUT2D eigenvalue weighted by atomic mass is 32.1. The SMILES string of the molecule is Oc1ccc2ccccc2c1/C=N/NC(=S)NC12CC3CC(CC(C3)C1)C2. The Morgan fingerprint density at radius 3 is 2.41 bits per heavy atom. The Kier molecular flexibility index (Phi) is 4.08. The van der Waals surface area contributed by atoms with Crippen molar-refractivity contribution < 1.29 is 5.11 Å². The van der Waals surface area contributed by atoms with Crippen molar-refractivity contribution in [1.29, 1.82) is 0 Å². The second kappa shape index (κ2) is 6.48. The lowest BCUT2D eigenvalue weighted by atomic mass is 9.53. The number of hydrazone groups is 1. The lowest BCUT2D eigenvalue weighted by molar-refractivity contribution is -0.0101. The van der Waals surface area contributed by atoms with E-state index in [9.17, 15) is 5.11 Å². The molecular formula is C22H25N3OS. The number of rotatable bonds is 3. The second-order valence-electron chi connectivity index (χ2n) is 8.74. The molecule has 4 saturated carbocycles. The summed E-state index contributed by atoms with van der Waals surface area (Å²) in [6, 6.07) is 11.6. The van der Waals surface area contributed by atoms with E-state index in [0.717, 1.165) is 28.5 Å². The average Bonchev–Trinajstić information content (AvgIpc) is 2.62. The van der Waals surface area contributed by atoms with Crippen molar-refractivity contribution in [3.63, 3.8) is 0 Å². The summed E-state index contributed by atoms with van der Waals surface area (Å²) in [5.74, 6) is 2.85. The minimum atomic E-state index is 0.177. The maximum atomic E-state index is 10.2. The fraction of sp³-hybridized carbons (Fsp3) is 0.455. The molecule has 0 unspecified atom stereocenters. The van der Waals surface area contributed by atoms with Crippen LogP contribution in [0.5, 0.6) is 5.75 Å². The quantitative estimate of drug-likeness (QED) is 0.422. The first kappa shape index (κ1) is 17.0. The molecule has 0 heterocycles. The number of fused-ring (bicyclic) bond motifs is 1. The van der Waals surface area contributed by atoms with Crippen LogP contribution in [0, 0.1) is 17.8 Å². The Hall–Kier alpha value is -2.14. The molecule has 27 heavy (non-hydrogen) atoms. The molecule has 2 aromatic carbocycles. The number of thiocarbonyl (C=S) groups is 1. The Morgan fingerprint density at radius 1 is 1.04 bits per heavy atom. The highest BCUT2D eigenvalue weighted by Crippen LogP contribution is 2.55. The van der Waals surface area contributed by atoms with Gasteiger partial charge in [-0.1, -0.05) is 30.3 Å². The van der Waals surface area contributed by atoms with Gasteiger partial charge in [0.2, 0.25) is 0 Å². The first-order chi connectivity index (χ1) is 13.1. The summed E-state index contributed by atoms with van der Waals surface area (Å²) >= 11 is 5.53. The molecule has 4 bridgehead atoms. The average molecular weight is 380 g/mol. The van der Waals surface area contributed by atoms with Crippen LogP contribution >= 0.6 is 12.2 Å². The number of nitrogens with one attached hydrogen (secondary N) is 2. The molecule has 3 N–H and O–H groups in total. The summed E-state index contributed by atoms with van der Waals surface area (Å²) in [7, 11) is 0. The predicted molar refractivity (Wildman–Crippen MR) is 113 cm³/mol. The lowest BCUT2D eigenvalue weighted by Gasteiger charge is -2.57. The van der Waals surface area contributed by atoms with Gasteiger partial charge in [0.15, 0.2) is 5.11 Å². The summed E-state index contributed by atoms with van der Waals surface area (Å²) in [5, 5.41) is 20.8. The van der Waals surface area contributed by atoms with Gasteiger partial charge in [0.05, 0.1) is 6.21 Å². The fourth-order valence-electron chi connectivity index (χ4n) is 6.11. The van der Waals surface area contributed by atoms with Gasteiger partial charge in [-0.05, 0) is 85.3 Å². The maximum Gasteiger partial charge on any atom is 0.187 e. The van der Waals surface area contributed by atoms with E-state index in [1.807, 2.05) is 30.3 Å². The van der Waals surface area contributed by atoms with E-state index in [1.165, 1.54) is 38.5 Å². The van der Waals surface area contributed by atoms with E-state index in [4.69, 9.17) is 12.2 Å². The van der Waals surface area contributed by atoms with Crippen molar-refractivity contribution in [3.8, 4) is 5.75 Å². The number of hydrogen-bond acceptors (Lipinski definition) is 3. The highest BCUT2D eigenvalue weighted by molar-refractivity contribution is 7.80.